The molecule has 3 atom stereocenters. The molecule has 0 spiro atoms. The summed E-state index contributed by atoms with van der Waals surface area (Å²) in [5.41, 5.74) is 0. The van der Waals surface area contributed by atoms with Gasteiger partial charge in [-0.3, -0.25) is 4.79 Å². The van der Waals surface area contributed by atoms with Crippen LogP contribution in [0.2, 0.25) is 0 Å². The molecule has 0 aromatic rings. The Balaban J connectivity index is 1.89. The molecular formula is C9H14O2. The van der Waals surface area contributed by atoms with Crippen LogP contribution in [0.1, 0.15) is 19.8 Å². The molecule has 62 valence electrons. The monoisotopic (exact) mass is 154 g/mol. The third kappa shape index (κ3) is 1.32. The van der Waals surface area contributed by atoms with E-state index in [0.717, 1.165) is 19.4 Å². The van der Waals surface area contributed by atoms with E-state index in [0.29, 0.717) is 24.2 Å². The number of ketones is 1. The van der Waals surface area contributed by atoms with Gasteiger partial charge < -0.3 is 4.74 Å². The van der Waals surface area contributed by atoms with Gasteiger partial charge >= 0.3 is 0 Å². The highest BCUT2D eigenvalue weighted by Gasteiger charge is 2.42. The van der Waals surface area contributed by atoms with Crippen LogP contribution >= 0.6 is 0 Å². The SMILES string of the molecule is CC1CC1C(=O)C1CCOC1. The highest BCUT2D eigenvalue weighted by Crippen LogP contribution is 2.41. The summed E-state index contributed by atoms with van der Waals surface area (Å²) in [6.45, 7) is 3.62. The second-order valence-corrected chi connectivity index (χ2v) is 3.78. The highest BCUT2D eigenvalue weighted by molar-refractivity contribution is 5.86. The predicted molar refractivity (Wildman–Crippen MR) is 41.2 cm³/mol. The Morgan fingerprint density at radius 2 is 2.27 bits per heavy atom. The predicted octanol–water partition coefficient (Wildman–Crippen LogP) is 1.25. The van der Waals surface area contributed by atoms with Crippen molar-refractivity contribution in [3.8, 4) is 0 Å². The van der Waals surface area contributed by atoms with E-state index in [1.54, 1.807) is 0 Å². The molecule has 1 saturated carbocycles. The zero-order valence-corrected chi connectivity index (χ0v) is 6.88. The van der Waals surface area contributed by atoms with Crippen molar-refractivity contribution in [2.75, 3.05) is 13.2 Å². The molecule has 3 unspecified atom stereocenters. The summed E-state index contributed by atoms with van der Waals surface area (Å²) in [6, 6.07) is 0. The van der Waals surface area contributed by atoms with Gasteiger partial charge in [0.25, 0.3) is 0 Å². The molecule has 0 bridgehead atoms. The van der Waals surface area contributed by atoms with Crippen molar-refractivity contribution in [3.63, 3.8) is 0 Å². The van der Waals surface area contributed by atoms with Gasteiger partial charge in [-0.05, 0) is 18.8 Å². The molecule has 2 rings (SSSR count). The molecule has 0 N–H and O–H groups in total. The molecule has 0 aromatic carbocycles. The Bertz CT molecular complexity index is 170. The smallest absolute Gasteiger partial charge is 0.141 e. The molecule has 0 amide bonds. The summed E-state index contributed by atoms with van der Waals surface area (Å²) >= 11 is 0. The van der Waals surface area contributed by atoms with E-state index in [1.807, 2.05) is 0 Å². The van der Waals surface area contributed by atoms with Crippen molar-refractivity contribution >= 4 is 5.78 Å². The Morgan fingerprint density at radius 3 is 2.73 bits per heavy atom. The number of hydrogen-bond donors (Lipinski definition) is 0. The molecule has 2 fully saturated rings. The molecule has 2 heteroatoms. The van der Waals surface area contributed by atoms with Crippen LogP contribution in [0.4, 0.5) is 0 Å². The third-order valence-corrected chi connectivity index (χ3v) is 2.81. The van der Waals surface area contributed by atoms with Gasteiger partial charge in [0.1, 0.15) is 5.78 Å². The molecule has 11 heavy (non-hydrogen) atoms. The summed E-state index contributed by atoms with van der Waals surface area (Å²) in [7, 11) is 0. The van der Waals surface area contributed by atoms with E-state index in [4.69, 9.17) is 4.74 Å². The Labute approximate surface area is 66.9 Å². The lowest BCUT2D eigenvalue weighted by molar-refractivity contribution is -0.124. The van der Waals surface area contributed by atoms with Crippen molar-refractivity contribution in [1.29, 1.82) is 0 Å². The summed E-state index contributed by atoms with van der Waals surface area (Å²) in [6.07, 6.45) is 2.08. The van der Waals surface area contributed by atoms with Crippen molar-refractivity contribution in [2.24, 2.45) is 17.8 Å². The summed E-state index contributed by atoms with van der Waals surface area (Å²) in [5, 5.41) is 0. The lowest BCUT2D eigenvalue weighted by atomic mass is 9.99. The second-order valence-electron chi connectivity index (χ2n) is 3.78. The standard InChI is InChI=1S/C9H14O2/c1-6-4-8(6)9(10)7-2-3-11-5-7/h6-8H,2-5H2,1H3. The average molecular weight is 154 g/mol. The number of ether oxygens (including phenoxy) is 1. The summed E-state index contributed by atoms with van der Waals surface area (Å²) < 4.78 is 5.17. The van der Waals surface area contributed by atoms with Gasteiger partial charge in [0.2, 0.25) is 0 Å². The zero-order chi connectivity index (χ0) is 7.84. The fourth-order valence-electron chi connectivity index (χ4n) is 1.78. The lowest BCUT2D eigenvalue weighted by Gasteiger charge is -2.03. The fourth-order valence-corrected chi connectivity index (χ4v) is 1.78. The van der Waals surface area contributed by atoms with Crippen molar-refractivity contribution in [1.82, 2.24) is 0 Å². The van der Waals surface area contributed by atoms with E-state index in [9.17, 15) is 4.79 Å². The molecular weight excluding hydrogens is 140 g/mol. The highest BCUT2D eigenvalue weighted by atomic mass is 16.5. The molecule has 1 heterocycles. The molecule has 2 nitrogen and oxygen atoms in total. The zero-order valence-electron chi connectivity index (χ0n) is 6.88. The molecule has 0 aromatic heterocycles. The minimum Gasteiger partial charge on any atom is -0.381 e. The molecule has 2 aliphatic rings. The number of hydrogen-bond acceptors (Lipinski definition) is 2. The van der Waals surface area contributed by atoms with Crippen LogP contribution in [0.25, 0.3) is 0 Å². The summed E-state index contributed by atoms with van der Waals surface area (Å²) in [5.74, 6) is 1.75. The number of carbonyl (C=O) groups is 1. The van der Waals surface area contributed by atoms with E-state index >= 15 is 0 Å². The van der Waals surface area contributed by atoms with Gasteiger partial charge in [-0.15, -0.1) is 0 Å². The van der Waals surface area contributed by atoms with Crippen LogP contribution in [-0.2, 0) is 9.53 Å². The minimum atomic E-state index is 0.241. The lowest BCUT2D eigenvalue weighted by Crippen LogP contribution is -2.16. The van der Waals surface area contributed by atoms with Crippen molar-refractivity contribution in [2.45, 2.75) is 19.8 Å². The van der Waals surface area contributed by atoms with E-state index < -0.39 is 0 Å². The number of Topliss-reactive ketones (excluding diaryl/α,β-unsaturated/α-hetero) is 1. The Morgan fingerprint density at radius 1 is 1.55 bits per heavy atom. The molecule has 1 aliphatic carbocycles. The normalized spacial score (nSPS) is 42.5. The van der Waals surface area contributed by atoms with Gasteiger partial charge in [-0.25, -0.2) is 0 Å². The first-order chi connectivity index (χ1) is 5.29. The van der Waals surface area contributed by atoms with E-state index in [2.05, 4.69) is 6.92 Å². The second kappa shape index (κ2) is 2.59. The van der Waals surface area contributed by atoms with Crippen LogP contribution in [-0.4, -0.2) is 19.0 Å². The van der Waals surface area contributed by atoms with Crippen LogP contribution < -0.4 is 0 Å². The fraction of sp³-hybridized carbons (Fsp3) is 0.889. The maximum absolute atomic E-state index is 11.5. The molecule has 0 radical (unpaired) electrons. The van der Waals surface area contributed by atoms with E-state index in [1.165, 1.54) is 0 Å². The Kier molecular flexibility index (Phi) is 1.72. The van der Waals surface area contributed by atoms with Gasteiger partial charge in [0, 0.05) is 18.4 Å². The van der Waals surface area contributed by atoms with Gasteiger partial charge in [0.15, 0.2) is 0 Å². The molecule has 1 saturated heterocycles. The number of rotatable bonds is 2. The topological polar surface area (TPSA) is 26.3 Å². The third-order valence-electron chi connectivity index (χ3n) is 2.81. The van der Waals surface area contributed by atoms with Gasteiger partial charge in [-0.1, -0.05) is 6.92 Å². The molecule has 1 aliphatic heterocycles. The summed E-state index contributed by atoms with van der Waals surface area (Å²) in [4.78, 5) is 11.5. The quantitative estimate of drug-likeness (QED) is 0.598. The number of carbonyl (C=O) groups excluding carboxylic acids is 1. The largest absolute Gasteiger partial charge is 0.381 e. The first kappa shape index (κ1) is 7.29. The first-order valence-corrected chi connectivity index (χ1v) is 4.40. The average Bonchev–Trinajstić information content (AvgIpc) is 2.56. The Hall–Kier alpha value is -0.370. The van der Waals surface area contributed by atoms with Crippen LogP contribution in [0.3, 0.4) is 0 Å². The van der Waals surface area contributed by atoms with Crippen molar-refractivity contribution < 1.29 is 9.53 Å². The van der Waals surface area contributed by atoms with Crippen molar-refractivity contribution in [3.05, 3.63) is 0 Å². The first-order valence-electron chi connectivity index (χ1n) is 4.40. The van der Waals surface area contributed by atoms with E-state index in [-0.39, 0.29) is 5.92 Å². The van der Waals surface area contributed by atoms with Crippen LogP contribution in [0, 0.1) is 17.8 Å². The van der Waals surface area contributed by atoms with Gasteiger partial charge in [-0.2, -0.15) is 0 Å². The van der Waals surface area contributed by atoms with Crippen LogP contribution in [0.15, 0.2) is 0 Å². The maximum atomic E-state index is 11.5. The maximum Gasteiger partial charge on any atom is 0.141 e. The van der Waals surface area contributed by atoms with Crippen LogP contribution in [0.5, 0.6) is 0 Å². The minimum absolute atomic E-state index is 0.241. The van der Waals surface area contributed by atoms with Gasteiger partial charge in [0.05, 0.1) is 6.61 Å².